The SMILES string of the molecule is C=Cc1cc(COc2ccc(CO)cc2NC(=O)OC(C)(C)C)cc(OC)c1. The molecule has 0 saturated carbocycles. The van der Waals surface area contributed by atoms with Crippen LogP contribution in [0.25, 0.3) is 6.08 Å². The molecule has 0 radical (unpaired) electrons. The summed E-state index contributed by atoms with van der Waals surface area (Å²) in [6, 6.07) is 10.8. The summed E-state index contributed by atoms with van der Waals surface area (Å²) in [7, 11) is 1.60. The van der Waals surface area contributed by atoms with Gasteiger partial charge in [0.1, 0.15) is 23.7 Å². The van der Waals surface area contributed by atoms with E-state index < -0.39 is 11.7 Å². The molecule has 0 fully saturated rings. The molecule has 6 heteroatoms. The second kappa shape index (κ2) is 9.28. The average Bonchev–Trinajstić information content (AvgIpc) is 2.64. The zero-order valence-corrected chi connectivity index (χ0v) is 16.7. The highest BCUT2D eigenvalue weighted by molar-refractivity contribution is 5.87. The van der Waals surface area contributed by atoms with Crippen LogP contribution in [0, 0.1) is 0 Å². The third-order valence-corrected chi connectivity index (χ3v) is 3.72. The molecule has 28 heavy (non-hydrogen) atoms. The van der Waals surface area contributed by atoms with Gasteiger partial charge in [0.05, 0.1) is 19.4 Å². The Labute approximate surface area is 165 Å². The van der Waals surface area contributed by atoms with Gasteiger partial charge in [0.2, 0.25) is 0 Å². The van der Waals surface area contributed by atoms with Crippen LogP contribution in [0.1, 0.15) is 37.5 Å². The lowest BCUT2D eigenvalue weighted by atomic mass is 10.1. The maximum Gasteiger partial charge on any atom is 0.412 e. The fourth-order valence-corrected chi connectivity index (χ4v) is 2.48. The van der Waals surface area contributed by atoms with Crippen LogP contribution in [0.3, 0.4) is 0 Å². The van der Waals surface area contributed by atoms with E-state index in [1.165, 1.54) is 0 Å². The van der Waals surface area contributed by atoms with Gasteiger partial charge in [0.25, 0.3) is 0 Å². The molecule has 0 saturated heterocycles. The van der Waals surface area contributed by atoms with E-state index in [9.17, 15) is 9.90 Å². The van der Waals surface area contributed by atoms with E-state index in [-0.39, 0.29) is 13.2 Å². The van der Waals surface area contributed by atoms with Gasteiger partial charge in [-0.15, -0.1) is 0 Å². The normalized spacial score (nSPS) is 10.9. The van der Waals surface area contributed by atoms with E-state index in [4.69, 9.17) is 14.2 Å². The zero-order valence-electron chi connectivity index (χ0n) is 16.7. The summed E-state index contributed by atoms with van der Waals surface area (Å²) in [4.78, 5) is 12.1. The van der Waals surface area contributed by atoms with Crippen LogP contribution in [-0.4, -0.2) is 23.9 Å². The van der Waals surface area contributed by atoms with Crippen molar-refractivity contribution in [2.24, 2.45) is 0 Å². The Morgan fingerprint density at radius 2 is 1.93 bits per heavy atom. The molecule has 0 unspecified atom stereocenters. The molecule has 6 nitrogen and oxygen atoms in total. The number of amides is 1. The first-order valence-electron chi connectivity index (χ1n) is 8.91. The standard InChI is InChI=1S/C22H27NO5/c1-6-15-9-17(11-18(10-15)26-5)14-27-20-8-7-16(13-24)12-19(20)23-21(25)28-22(2,3)4/h6-12,24H,1,13-14H2,2-5H3,(H,23,25). The Kier molecular flexibility index (Phi) is 7.06. The van der Waals surface area contributed by atoms with Crippen LogP contribution in [0.15, 0.2) is 43.0 Å². The number of anilines is 1. The Bertz CT molecular complexity index is 839. The predicted octanol–water partition coefficient (Wildman–Crippen LogP) is 4.76. The highest BCUT2D eigenvalue weighted by Gasteiger charge is 2.18. The molecule has 0 bridgehead atoms. The number of carbonyl (C=O) groups excluding carboxylic acids is 1. The highest BCUT2D eigenvalue weighted by Crippen LogP contribution is 2.28. The Balaban J connectivity index is 2.21. The molecule has 0 atom stereocenters. The Hall–Kier alpha value is -2.99. The van der Waals surface area contributed by atoms with E-state index in [2.05, 4.69) is 11.9 Å². The topological polar surface area (TPSA) is 77.0 Å². The monoisotopic (exact) mass is 385 g/mol. The smallest absolute Gasteiger partial charge is 0.412 e. The van der Waals surface area contributed by atoms with Crippen LogP contribution in [0.5, 0.6) is 11.5 Å². The molecule has 1 amide bonds. The lowest BCUT2D eigenvalue weighted by Gasteiger charge is -2.21. The van der Waals surface area contributed by atoms with Gasteiger partial charge < -0.3 is 19.3 Å². The fourth-order valence-electron chi connectivity index (χ4n) is 2.48. The first-order chi connectivity index (χ1) is 13.2. The third kappa shape index (κ3) is 6.32. The molecule has 2 aromatic rings. The van der Waals surface area contributed by atoms with Gasteiger partial charge in [-0.2, -0.15) is 0 Å². The molecule has 0 aliphatic rings. The van der Waals surface area contributed by atoms with Crippen molar-refractivity contribution in [3.63, 3.8) is 0 Å². The van der Waals surface area contributed by atoms with Gasteiger partial charge in [-0.05, 0) is 67.8 Å². The fraction of sp³-hybridized carbons (Fsp3) is 0.318. The number of methoxy groups -OCH3 is 1. The van der Waals surface area contributed by atoms with Gasteiger partial charge >= 0.3 is 6.09 Å². The minimum atomic E-state index is -0.624. The number of benzene rings is 2. The van der Waals surface area contributed by atoms with Gasteiger partial charge in [0.15, 0.2) is 0 Å². The van der Waals surface area contributed by atoms with Crippen molar-refractivity contribution in [1.82, 2.24) is 0 Å². The number of hydrogen-bond acceptors (Lipinski definition) is 5. The van der Waals surface area contributed by atoms with Gasteiger partial charge in [-0.25, -0.2) is 4.79 Å². The van der Waals surface area contributed by atoms with Crippen molar-refractivity contribution in [2.45, 2.75) is 39.6 Å². The van der Waals surface area contributed by atoms with Gasteiger partial charge in [-0.3, -0.25) is 5.32 Å². The van der Waals surface area contributed by atoms with Gasteiger partial charge in [0, 0.05) is 0 Å². The van der Waals surface area contributed by atoms with Crippen molar-refractivity contribution in [3.8, 4) is 11.5 Å². The van der Waals surface area contributed by atoms with Crippen molar-refractivity contribution < 1.29 is 24.1 Å². The largest absolute Gasteiger partial charge is 0.497 e. The Morgan fingerprint density at radius 1 is 1.18 bits per heavy atom. The van der Waals surface area contributed by atoms with Crippen LogP contribution < -0.4 is 14.8 Å². The quantitative estimate of drug-likeness (QED) is 0.719. The summed E-state index contributed by atoms with van der Waals surface area (Å²) in [6.45, 7) is 9.25. The van der Waals surface area contributed by atoms with E-state index in [0.717, 1.165) is 11.1 Å². The van der Waals surface area contributed by atoms with Crippen LogP contribution in [0.4, 0.5) is 10.5 Å². The van der Waals surface area contributed by atoms with Crippen LogP contribution in [-0.2, 0) is 18.0 Å². The molecule has 0 aliphatic heterocycles. The van der Waals surface area contributed by atoms with Crippen molar-refractivity contribution in [1.29, 1.82) is 0 Å². The van der Waals surface area contributed by atoms with Gasteiger partial charge in [-0.1, -0.05) is 18.7 Å². The molecule has 2 N–H and O–H groups in total. The minimum Gasteiger partial charge on any atom is -0.497 e. The summed E-state index contributed by atoms with van der Waals surface area (Å²) in [5, 5.41) is 12.1. The average molecular weight is 385 g/mol. The second-order valence-corrected chi connectivity index (χ2v) is 7.22. The second-order valence-electron chi connectivity index (χ2n) is 7.22. The highest BCUT2D eigenvalue weighted by atomic mass is 16.6. The predicted molar refractivity (Wildman–Crippen MR) is 110 cm³/mol. The van der Waals surface area contributed by atoms with E-state index in [1.54, 1.807) is 52.2 Å². The number of carbonyl (C=O) groups is 1. The minimum absolute atomic E-state index is 0.151. The number of nitrogens with one attached hydrogen (secondary N) is 1. The summed E-state index contributed by atoms with van der Waals surface area (Å²) in [5.74, 6) is 1.17. The first-order valence-corrected chi connectivity index (χ1v) is 8.91. The zero-order chi connectivity index (χ0) is 20.7. The van der Waals surface area contributed by atoms with Crippen molar-refractivity contribution in [2.75, 3.05) is 12.4 Å². The number of aliphatic hydroxyl groups is 1. The third-order valence-electron chi connectivity index (χ3n) is 3.72. The molecular weight excluding hydrogens is 358 g/mol. The molecule has 150 valence electrons. The molecule has 0 aromatic heterocycles. The molecule has 0 spiro atoms. The summed E-state index contributed by atoms with van der Waals surface area (Å²) in [6.07, 6.45) is 1.14. The molecule has 0 aliphatic carbocycles. The molecular formula is C22H27NO5. The van der Waals surface area contributed by atoms with E-state index >= 15 is 0 Å². The lowest BCUT2D eigenvalue weighted by Crippen LogP contribution is -2.27. The lowest BCUT2D eigenvalue weighted by molar-refractivity contribution is 0.0635. The van der Waals surface area contributed by atoms with Crippen molar-refractivity contribution >= 4 is 17.9 Å². The number of rotatable bonds is 7. The number of ether oxygens (including phenoxy) is 3. The van der Waals surface area contributed by atoms with Crippen LogP contribution in [0.2, 0.25) is 0 Å². The molecule has 0 heterocycles. The maximum absolute atomic E-state index is 12.1. The van der Waals surface area contributed by atoms with Crippen LogP contribution >= 0.6 is 0 Å². The van der Waals surface area contributed by atoms with E-state index in [0.29, 0.717) is 22.7 Å². The number of hydrogen-bond donors (Lipinski definition) is 2. The summed E-state index contributed by atoms with van der Waals surface area (Å²) < 4.78 is 16.5. The van der Waals surface area contributed by atoms with Crippen molar-refractivity contribution in [3.05, 3.63) is 59.7 Å². The molecule has 2 rings (SSSR count). The molecule has 2 aromatic carbocycles. The summed E-state index contributed by atoms with van der Waals surface area (Å²) >= 11 is 0. The Morgan fingerprint density at radius 3 is 2.54 bits per heavy atom. The van der Waals surface area contributed by atoms with E-state index in [1.807, 2.05) is 18.2 Å². The first kappa shape index (κ1) is 21.3. The maximum atomic E-state index is 12.1. The summed E-state index contributed by atoms with van der Waals surface area (Å²) in [5.41, 5.74) is 2.26. The number of aliphatic hydroxyl groups excluding tert-OH is 1.